The molecule has 0 radical (unpaired) electrons. The number of phenolic OH excluding ortho intramolecular Hbond substituents is 2. The average Bonchev–Trinajstić information content (AvgIpc) is 2.98. The van der Waals surface area contributed by atoms with Crippen LogP contribution in [0, 0.1) is 0 Å². The van der Waals surface area contributed by atoms with E-state index in [1.807, 2.05) is 0 Å². The molecule has 0 unspecified atom stereocenters. The van der Waals surface area contributed by atoms with Gasteiger partial charge in [-0.2, -0.15) is 0 Å². The Morgan fingerprint density at radius 2 is 1.48 bits per heavy atom. The molecule has 0 amide bonds. The van der Waals surface area contributed by atoms with Gasteiger partial charge in [-0.3, -0.25) is 0 Å². The highest BCUT2D eigenvalue weighted by Crippen LogP contribution is 2.31. The summed E-state index contributed by atoms with van der Waals surface area (Å²) in [6, 6.07) is 12.4. The Bertz CT molecular complexity index is 1170. The number of ether oxygens (including phenoxy) is 5. The van der Waals surface area contributed by atoms with Crippen LogP contribution < -0.4 is 0 Å². The zero-order valence-corrected chi connectivity index (χ0v) is 22.7. The zero-order valence-electron chi connectivity index (χ0n) is 22.7. The van der Waals surface area contributed by atoms with Gasteiger partial charge in [0.1, 0.15) is 48.1 Å². The number of aromatic hydroxyl groups is 2. The molecule has 2 aliphatic rings. The van der Waals surface area contributed by atoms with E-state index in [9.17, 15) is 40.5 Å². The SMILES string of the molecule is C[C@H]1O[C@H](O[C@H]2[C@H](O)[C@@H](OCCc3ccc(O)cc3)O[C@@H](CO)[C@@H]2OC(=O)/C=C/c2ccc(O)cc2)[C@@H](O)[C@@H](O)[C@@H]1O. The number of phenols is 2. The first kappa shape index (κ1) is 31.8. The fourth-order valence-electron chi connectivity index (χ4n) is 4.64. The predicted octanol–water partition coefficient (Wildman–Crippen LogP) is -0.427. The second-order valence-electron chi connectivity index (χ2n) is 10.1. The number of esters is 1. The lowest BCUT2D eigenvalue weighted by Crippen LogP contribution is -2.65. The minimum absolute atomic E-state index is 0.0489. The van der Waals surface area contributed by atoms with Crippen LogP contribution in [0.3, 0.4) is 0 Å². The number of rotatable bonds is 10. The van der Waals surface area contributed by atoms with Crippen molar-refractivity contribution in [3.05, 3.63) is 65.7 Å². The van der Waals surface area contributed by atoms with Crippen LogP contribution in [-0.4, -0.2) is 116 Å². The maximum Gasteiger partial charge on any atom is 0.331 e. The molecule has 2 aliphatic heterocycles. The monoisotopic (exact) mass is 592 g/mol. The molecule has 10 atom stereocenters. The molecule has 2 saturated heterocycles. The summed E-state index contributed by atoms with van der Waals surface area (Å²) in [6.45, 7) is 0.839. The molecule has 0 aliphatic carbocycles. The van der Waals surface area contributed by atoms with Crippen molar-refractivity contribution >= 4 is 12.0 Å². The summed E-state index contributed by atoms with van der Waals surface area (Å²) in [7, 11) is 0. The Hall–Kier alpha value is -3.11. The van der Waals surface area contributed by atoms with Gasteiger partial charge in [-0.25, -0.2) is 4.79 Å². The summed E-state index contributed by atoms with van der Waals surface area (Å²) in [5, 5.41) is 71.0. The van der Waals surface area contributed by atoms with Gasteiger partial charge >= 0.3 is 5.97 Å². The Kier molecular flexibility index (Phi) is 10.9. The second kappa shape index (κ2) is 14.4. The van der Waals surface area contributed by atoms with Crippen molar-refractivity contribution in [2.75, 3.05) is 13.2 Å². The third-order valence-electron chi connectivity index (χ3n) is 7.06. The van der Waals surface area contributed by atoms with Gasteiger partial charge in [0.05, 0.1) is 19.3 Å². The van der Waals surface area contributed by atoms with Crippen LogP contribution >= 0.6 is 0 Å². The molecule has 7 N–H and O–H groups in total. The summed E-state index contributed by atoms with van der Waals surface area (Å²) < 4.78 is 28.4. The quantitative estimate of drug-likeness (QED) is 0.138. The smallest absolute Gasteiger partial charge is 0.331 e. The van der Waals surface area contributed by atoms with E-state index in [0.29, 0.717) is 12.0 Å². The molecule has 13 nitrogen and oxygen atoms in total. The highest BCUT2D eigenvalue weighted by atomic mass is 16.7. The van der Waals surface area contributed by atoms with Gasteiger partial charge in [-0.15, -0.1) is 0 Å². The van der Waals surface area contributed by atoms with Crippen molar-refractivity contribution in [2.24, 2.45) is 0 Å². The van der Waals surface area contributed by atoms with Crippen LogP contribution in [0.15, 0.2) is 54.6 Å². The standard InChI is InChI=1S/C29H36O13/c1-15-22(34)23(35)24(36)29(39-15)42-27-25(37)28(38-13-12-17-4-9-19(32)10-5-17)40-20(14-30)26(27)41-21(33)11-6-16-2-7-18(31)8-3-16/h2-11,15,20,22-32,34-37H,12-14H2,1H3/b11-6+/t15-,20+,22-,23+,24+,25+,26+,27+,28+,29-/m1/s1. The predicted molar refractivity (Wildman–Crippen MR) is 144 cm³/mol. The molecule has 0 aromatic heterocycles. The Morgan fingerprint density at radius 3 is 2.12 bits per heavy atom. The van der Waals surface area contributed by atoms with Crippen LogP contribution in [0.5, 0.6) is 11.5 Å². The van der Waals surface area contributed by atoms with E-state index in [2.05, 4.69) is 0 Å². The molecule has 0 bridgehead atoms. The van der Waals surface area contributed by atoms with E-state index in [1.165, 1.54) is 37.3 Å². The maximum absolute atomic E-state index is 12.8. The van der Waals surface area contributed by atoms with Gasteiger partial charge < -0.3 is 59.4 Å². The number of hydrogen-bond acceptors (Lipinski definition) is 13. The molecule has 230 valence electrons. The summed E-state index contributed by atoms with van der Waals surface area (Å²) >= 11 is 0. The van der Waals surface area contributed by atoms with Gasteiger partial charge in [0.2, 0.25) is 0 Å². The van der Waals surface area contributed by atoms with E-state index in [1.54, 1.807) is 24.3 Å². The van der Waals surface area contributed by atoms with Gasteiger partial charge in [-0.05, 0) is 54.8 Å². The normalized spacial score (nSPS) is 33.5. The molecular formula is C29H36O13. The van der Waals surface area contributed by atoms with Crippen molar-refractivity contribution in [1.82, 2.24) is 0 Å². The Labute approximate surface area is 241 Å². The average molecular weight is 593 g/mol. The highest BCUT2D eigenvalue weighted by Gasteiger charge is 2.52. The first-order chi connectivity index (χ1) is 20.1. The molecule has 0 spiro atoms. The second-order valence-corrected chi connectivity index (χ2v) is 10.1. The van der Waals surface area contributed by atoms with Crippen molar-refractivity contribution in [3.8, 4) is 11.5 Å². The number of aliphatic hydroxyl groups is 5. The summed E-state index contributed by atoms with van der Waals surface area (Å²) in [6.07, 6.45) is -11.5. The fraction of sp³-hybridized carbons (Fsp3) is 0.483. The fourth-order valence-corrected chi connectivity index (χ4v) is 4.64. The third-order valence-corrected chi connectivity index (χ3v) is 7.06. The summed E-state index contributed by atoms with van der Waals surface area (Å²) in [4.78, 5) is 12.8. The van der Waals surface area contributed by atoms with Crippen LogP contribution in [0.1, 0.15) is 18.1 Å². The lowest BCUT2D eigenvalue weighted by Gasteiger charge is -2.46. The Balaban J connectivity index is 1.51. The molecule has 13 heteroatoms. The number of hydrogen-bond donors (Lipinski definition) is 7. The number of benzene rings is 2. The largest absolute Gasteiger partial charge is 0.508 e. The molecule has 42 heavy (non-hydrogen) atoms. The van der Waals surface area contributed by atoms with Crippen molar-refractivity contribution in [3.63, 3.8) is 0 Å². The van der Waals surface area contributed by atoms with Crippen LogP contribution in [0.25, 0.3) is 6.08 Å². The van der Waals surface area contributed by atoms with Gasteiger partial charge in [0.25, 0.3) is 0 Å². The van der Waals surface area contributed by atoms with Crippen molar-refractivity contribution in [2.45, 2.75) is 74.8 Å². The van der Waals surface area contributed by atoms with Gasteiger partial charge in [0, 0.05) is 6.08 Å². The Morgan fingerprint density at radius 1 is 0.833 bits per heavy atom. The van der Waals surface area contributed by atoms with Crippen molar-refractivity contribution < 1.29 is 64.2 Å². The van der Waals surface area contributed by atoms with Crippen LogP contribution in [0.4, 0.5) is 0 Å². The van der Waals surface area contributed by atoms with E-state index < -0.39 is 74.0 Å². The van der Waals surface area contributed by atoms with E-state index in [-0.39, 0.29) is 18.1 Å². The van der Waals surface area contributed by atoms with Crippen LogP contribution in [-0.2, 0) is 34.9 Å². The lowest BCUT2D eigenvalue weighted by molar-refractivity contribution is -0.357. The first-order valence-corrected chi connectivity index (χ1v) is 13.4. The molecule has 2 aromatic rings. The van der Waals surface area contributed by atoms with Gasteiger partial charge in [0.15, 0.2) is 18.7 Å². The van der Waals surface area contributed by atoms with E-state index >= 15 is 0 Å². The first-order valence-electron chi connectivity index (χ1n) is 13.4. The molecule has 2 fully saturated rings. The number of carbonyl (C=O) groups is 1. The highest BCUT2D eigenvalue weighted by molar-refractivity contribution is 5.87. The minimum atomic E-state index is -1.72. The topological polar surface area (TPSA) is 205 Å². The third kappa shape index (κ3) is 7.83. The zero-order chi connectivity index (χ0) is 30.4. The molecular weight excluding hydrogens is 556 g/mol. The molecule has 4 rings (SSSR count). The number of carbonyl (C=O) groups excluding carboxylic acids is 1. The molecule has 0 saturated carbocycles. The minimum Gasteiger partial charge on any atom is -0.508 e. The molecule has 2 aromatic carbocycles. The van der Waals surface area contributed by atoms with Crippen molar-refractivity contribution in [1.29, 1.82) is 0 Å². The molecule has 2 heterocycles. The van der Waals surface area contributed by atoms with E-state index in [4.69, 9.17) is 23.7 Å². The van der Waals surface area contributed by atoms with Crippen LogP contribution in [0.2, 0.25) is 0 Å². The number of aliphatic hydroxyl groups excluding tert-OH is 5. The van der Waals surface area contributed by atoms with E-state index in [0.717, 1.165) is 11.6 Å². The summed E-state index contributed by atoms with van der Waals surface area (Å²) in [5.41, 5.74) is 1.41. The maximum atomic E-state index is 12.8. The van der Waals surface area contributed by atoms with Gasteiger partial charge in [-0.1, -0.05) is 24.3 Å². The summed E-state index contributed by atoms with van der Waals surface area (Å²) in [5.74, 6) is -0.724. The lowest BCUT2D eigenvalue weighted by atomic mass is 9.97.